The standard InChI is InChI=1S/C22H19N3O4/c1-13-10-21(25-29-13)24-22(26)16-12-18(23-17-7-5-4-6-15(16)17)14-8-9-19(27-2)20(11-14)28-3/h4-12H,1-3H3,(H,24,25,26). The highest BCUT2D eigenvalue weighted by atomic mass is 16.5. The van der Waals surface area contributed by atoms with Gasteiger partial charge in [0.2, 0.25) is 0 Å². The van der Waals surface area contributed by atoms with Gasteiger partial charge in [-0.25, -0.2) is 4.98 Å². The summed E-state index contributed by atoms with van der Waals surface area (Å²) in [6, 6.07) is 16.4. The molecule has 0 unspecified atom stereocenters. The zero-order valence-corrected chi connectivity index (χ0v) is 16.2. The van der Waals surface area contributed by atoms with Crippen molar-refractivity contribution in [3.8, 4) is 22.8 Å². The van der Waals surface area contributed by atoms with Gasteiger partial charge in [0, 0.05) is 17.0 Å². The molecule has 2 aromatic carbocycles. The molecule has 0 atom stereocenters. The number of carbonyl (C=O) groups is 1. The molecule has 0 aliphatic rings. The number of para-hydroxylation sites is 1. The Kier molecular flexibility index (Phi) is 4.87. The highest BCUT2D eigenvalue weighted by molar-refractivity contribution is 6.12. The molecule has 4 aromatic rings. The maximum absolute atomic E-state index is 13.0. The Morgan fingerprint density at radius 2 is 1.79 bits per heavy atom. The highest BCUT2D eigenvalue weighted by Gasteiger charge is 2.16. The van der Waals surface area contributed by atoms with Crippen molar-refractivity contribution in [1.29, 1.82) is 0 Å². The lowest BCUT2D eigenvalue weighted by molar-refractivity contribution is 0.102. The second-order valence-electron chi connectivity index (χ2n) is 6.42. The van der Waals surface area contributed by atoms with E-state index >= 15 is 0 Å². The van der Waals surface area contributed by atoms with Crippen LogP contribution in [0.3, 0.4) is 0 Å². The first-order valence-corrected chi connectivity index (χ1v) is 8.96. The number of carbonyl (C=O) groups excluding carboxylic acids is 1. The maximum Gasteiger partial charge on any atom is 0.257 e. The van der Waals surface area contributed by atoms with E-state index in [1.165, 1.54) is 0 Å². The summed E-state index contributed by atoms with van der Waals surface area (Å²) >= 11 is 0. The van der Waals surface area contributed by atoms with Gasteiger partial charge in [-0.05, 0) is 37.3 Å². The lowest BCUT2D eigenvalue weighted by atomic mass is 10.0. The zero-order chi connectivity index (χ0) is 20.4. The first kappa shape index (κ1) is 18.5. The van der Waals surface area contributed by atoms with Gasteiger partial charge >= 0.3 is 0 Å². The van der Waals surface area contributed by atoms with Crippen molar-refractivity contribution in [3.05, 3.63) is 65.9 Å². The van der Waals surface area contributed by atoms with Crippen molar-refractivity contribution in [2.45, 2.75) is 6.92 Å². The van der Waals surface area contributed by atoms with Gasteiger partial charge < -0.3 is 19.3 Å². The highest BCUT2D eigenvalue weighted by Crippen LogP contribution is 2.33. The monoisotopic (exact) mass is 389 g/mol. The molecule has 2 aromatic heterocycles. The first-order valence-electron chi connectivity index (χ1n) is 8.96. The number of nitrogens with zero attached hydrogens (tertiary/aromatic N) is 2. The Bertz CT molecular complexity index is 1200. The van der Waals surface area contributed by atoms with E-state index in [2.05, 4.69) is 10.5 Å². The lowest BCUT2D eigenvalue weighted by Crippen LogP contribution is -2.13. The first-order chi connectivity index (χ1) is 14.1. The maximum atomic E-state index is 13.0. The molecule has 29 heavy (non-hydrogen) atoms. The van der Waals surface area contributed by atoms with Gasteiger partial charge in [-0.2, -0.15) is 0 Å². The summed E-state index contributed by atoms with van der Waals surface area (Å²) in [5, 5.41) is 7.35. The molecule has 0 radical (unpaired) electrons. The van der Waals surface area contributed by atoms with Crippen LogP contribution in [-0.4, -0.2) is 30.3 Å². The number of methoxy groups -OCH3 is 2. The van der Waals surface area contributed by atoms with E-state index < -0.39 is 0 Å². The van der Waals surface area contributed by atoms with Gasteiger partial charge in [0.25, 0.3) is 5.91 Å². The van der Waals surface area contributed by atoms with Crippen LogP contribution in [0.4, 0.5) is 5.82 Å². The Hall–Kier alpha value is -3.87. The predicted molar refractivity (Wildman–Crippen MR) is 109 cm³/mol. The summed E-state index contributed by atoms with van der Waals surface area (Å²) in [4.78, 5) is 17.7. The van der Waals surface area contributed by atoms with Crippen LogP contribution in [-0.2, 0) is 0 Å². The van der Waals surface area contributed by atoms with Crippen molar-refractivity contribution >= 4 is 22.6 Å². The van der Waals surface area contributed by atoms with Gasteiger partial charge in [0.15, 0.2) is 17.3 Å². The summed E-state index contributed by atoms with van der Waals surface area (Å²) in [6.07, 6.45) is 0. The number of rotatable bonds is 5. The molecule has 0 aliphatic heterocycles. The van der Waals surface area contributed by atoms with Gasteiger partial charge in [-0.1, -0.05) is 23.4 Å². The van der Waals surface area contributed by atoms with E-state index in [-0.39, 0.29) is 5.91 Å². The van der Waals surface area contributed by atoms with Gasteiger partial charge in [-0.3, -0.25) is 4.79 Å². The number of anilines is 1. The number of aromatic nitrogens is 2. The molecule has 0 fully saturated rings. The molecule has 7 heteroatoms. The minimum absolute atomic E-state index is 0.293. The molecular formula is C22H19N3O4. The Morgan fingerprint density at radius 3 is 2.52 bits per heavy atom. The SMILES string of the molecule is COc1ccc(-c2cc(C(=O)Nc3cc(C)on3)c3ccccc3n2)cc1OC. The normalized spacial score (nSPS) is 10.7. The van der Waals surface area contributed by atoms with E-state index in [0.717, 1.165) is 10.9 Å². The largest absolute Gasteiger partial charge is 0.493 e. The molecule has 0 saturated heterocycles. The van der Waals surface area contributed by atoms with E-state index in [1.807, 2.05) is 42.5 Å². The number of fused-ring (bicyclic) bond motifs is 1. The van der Waals surface area contributed by atoms with Crippen LogP contribution >= 0.6 is 0 Å². The molecule has 146 valence electrons. The zero-order valence-electron chi connectivity index (χ0n) is 16.2. The molecule has 0 saturated carbocycles. The summed E-state index contributed by atoms with van der Waals surface area (Å²) in [7, 11) is 3.16. The van der Waals surface area contributed by atoms with E-state index in [9.17, 15) is 4.79 Å². The number of aryl methyl sites for hydroxylation is 1. The van der Waals surface area contributed by atoms with Crippen LogP contribution in [0, 0.1) is 6.92 Å². The fourth-order valence-corrected chi connectivity index (χ4v) is 3.12. The number of nitrogens with one attached hydrogen (secondary N) is 1. The predicted octanol–water partition coefficient (Wildman–Crippen LogP) is 4.47. The molecule has 4 rings (SSSR count). The van der Waals surface area contributed by atoms with Crippen LogP contribution in [0.15, 0.2) is 59.1 Å². The Morgan fingerprint density at radius 1 is 1.00 bits per heavy atom. The third-order valence-electron chi connectivity index (χ3n) is 4.51. The Labute approximate surface area is 167 Å². The van der Waals surface area contributed by atoms with E-state index in [1.54, 1.807) is 33.3 Å². The summed E-state index contributed by atoms with van der Waals surface area (Å²) in [6.45, 7) is 1.76. The van der Waals surface area contributed by atoms with Crippen LogP contribution in [0.2, 0.25) is 0 Å². The second-order valence-corrected chi connectivity index (χ2v) is 6.42. The minimum Gasteiger partial charge on any atom is -0.493 e. The van der Waals surface area contributed by atoms with Crippen molar-refractivity contribution in [2.24, 2.45) is 0 Å². The number of pyridine rings is 1. The number of hydrogen-bond acceptors (Lipinski definition) is 6. The van der Waals surface area contributed by atoms with Crippen LogP contribution < -0.4 is 14.8 Å². The quantitative estimate of drug-likeness (QED) is 0.542. The third kappa shape index (κ3) is 3.62. The average molecular weight is 389 g/mol. The van der Waals surface area contributed by atoms with Crippen molar-refractivity contribution in [3.63, 3.8) is 0 Å². The topological polar surface area (TPSA) is 86.5 Å². The van der Waals surface area contributed by atoms with Crippen LogP contribution in [0.25, 0.3) is 22.2 Å². The van der Waals surface area contributed by atoms with Gasteiger partial charge in [0.1, 0.15) is 5.76 Å². The smallest absolute Gasteiger partial charge is 0.257 e. The van der Waals surface area contributed by atoms with Gasteiger partial charge in [-0.15, -0.1) is 0 Å². The fraction of sp³-hybridized carbons (Fsp3) is 0.136. The third-order valence-corrected chi connectivity index (χ3v) is 4.51. The van der Waals surface area contributed by atoms with E-state index in [0.29, 0.717) is 39.9 Å². The van der Waals surface area contributed by atoms with Crippen molar-refractivity contribution < 1.29 is 18.8 Å². The number of hydrogen-bond donors (Lipinski definition) is 1. The van der Waals surface area contributed by atoms with Crippen molar-refractivity contribution in [1.82, 2.24) is 10.1 Å². The summed E-state index contributed by atoms with van der Waals surface area (Å²) < 4.78 is 15.7. The van der Waals surface area contributed by atoms with Gasteiger partial charge in [0.05, 0.1) is 31.0 Å². The molecule has 0 bridgehead atoms. The lowest BCUT2D eigenvalue weighted by Gasteiger charge is -2.12. The minimum atomic E-state index is -0.293. The molecule has 0 spiro atoms. The summed E-state index contributed by atoms with van der Waals surface area (Å²) in [5.41, 5.74) is 2.65. The molecular weight excluding hydrogens is 370 g/mol. The second kappa shape index (κ2) is 7.63. The van der Waals surface area contributed by atoms with E-state index in [4.69, 9.17) is 19.0 Å². The van der Waals surface area contributed by atoms with Crippen LogP contribution in [0.5, 0.6) is 11.5 Å². The van der Waals surface area contributed by atoms with Crippen molar-refractivity contribution in [2.75, 3.05) is 19.5 Å². The molecule has 7 nitrogen and oxygen atoms in total. The fourth-order valence-electron chi connectivity index (χ4n) is 3.12. The molecule has 1 N–H and O–H groups in total. The van der Waals surface area contributed by atoms with Crippen LogP contribution in [0.1, 0.15) is 16.1 Å². The number of amides is 1. The molecule has 2 heterocycles. The number of ether oxygens (including phenoxy) is 2. The molecule has 0 aliphatic carbocycles. The summed E-state index contributed by atoms with van der Waals surface area (Å²) in [5.74, 6) is 1.89. The average Bonchev–Trinajstić information content (AvgIpc) is 3.16. The molecule has 1 amide bonds. The number of benzene rings is 2. The Balaban J connectivity index is 1.81.